The van der Waals surface area contributed by atoms with Gasteiger partial charge in [-0.25, -0.2) is 9.78 Å². The van der Waals surface area contributed by atoms with Crippen molar-refractivity contribution in [1.29, 1.82) is 0 Å². The van der Waals surface area contributed by atoms with Crippen LogP contribution in [0, 0.1) is 6.92 Å². The Labute approximate surface area is 215 Å². The quantitative estimate of drug-likeness (QED) is 0.347. The summed E-state index contributed by atoms with van der Waals surface area (Å²) in [6.45, 7) is 1.60. The Balaban J connectivity index is 1.91. The Hall–Kier alpha value is -3.89. The zero-order valence-corrected chi connectivity index (χ0v) is 21.3. The number of thiazole rings is 1. The summed E-state index contributed by atoms with van der Waals surface area (Å²) in [5.74, 6) is -1.94. The van der Waals surface area contributed by atoms with Gasteiger partial charge in [0, 0.05) is 10.6 Å². The van der Waals surface area contributed by atoms with Gasteiger partial charge >= 0.3 is 5.97 Å². The minimum absolute atomic E-state index is 0.114. The summed E-state index contributed by atoms with van der Waals surface area (Å²) in [5, 5.41) is 11.5. The van der Waals surface area contributed by atoms with Crippen molar-refractivity contribution in [2.75, 3.05) is 26.2 Å². The van der Waals surface area contributed by atoms with Crippen LogP contribution in [0.2, 0.25) is 5.02 Å². The van der Waals surface area contributed by atoms with E-state index in [1.54, 1.807) is 37.3 Å². The average Bonchev–Trinajstić information content (AvgIpc) is 3.39. The van der Waals surface area contributed by atoms with Crippen molar-refractivity contribution in [1.82, 2.24) is 4.98 Å². The van der Waals surface area contributed by atoms with E-state index in [-0.39, 0.29) is 21.1 Å². The van der Waals surface area contributed by atoms with E-state index in [0.29, 0.717) is 27.8 Å². The number of amides is 1. The van der Waals surface area contributed by atoms with E-state index >= 15 is 0 Å². The number of ketones is 1. The third kappa shape index (κ3) is 4.29. The summed E-state index contributed by atoms with van der Waals surface area (Å²) < 4.78 is 15.5. The van der Waals surface area contributed by atoms with Crippen molar-refractivity contribution < 1.29 is 33.7 Å². The molecular weight excluding hydrogens is 508 g/mol. The number of esters is 1. The molecule has 1 N–H and O–H groups in total. The molecule has 1 amide bonds. The Bertz CT molecular complexity index is 1400. The molecule has 0 bridgehead atoms. The Morgan fingerprint density at radius 1 is 1.06 bits per heavy atom. The van der Waals surface area contributed by atoms with Gasteiger partial charge in [-0.05, 0) is 48.9 Å². The van der Waals surface area contributed by atoms with E-state index in [9.17, 15) is 19.5 Å². The average molecular weight is 529 g/mol. The lowest BCUT2D eigenvalue weighted by atomic mass is 9.92. The summed E-state index contributed by atoms with van der Waals surface area (Å²) >= 11 is 6.89. The third-order valence-electron chi connectivity index (χ3n) is 5.64. The van der Waals surface area contributed by atoms with Gasteiger partial charge in [0.05, 0.1) is 38.6 Å². The van der Waals surface area contributed by atoms with Crippen molar-refractivity contribution in [3.63, 3.8) is 0 Å². The number of aryl methyl sites for hydroxylation is 1. The Kier molecular flexibility index (Phi) is 7.00. The zero-order chi connectivity index (χ0) is 26.1. The first-order valence-corrected chi connectivity index (χ1v) is 11.8. The monoisotopic (exact) mass is 528 g/mol. The van der Waals surface area contributed by atoms with Gasteiger partial charge in [0.15, 0.2) is 28.2 Å². The van der Waals surface area contributed by atoms with E-state index in [1.165, 1.54) is 38.4 Å². The molecule has 1 unspecified atom stereocenters. The molecule has 1 atom stereocenters. The largest absolute Gasteiger partial charge is 0.503 e. The summed E-state index contributed by atoms with van der Waals surface area (Å²) in [6, 6.07) is 9.92. The molecule has 186 valence electrons. The van der Waals surface area contributed by atoms with E-state index in [4.69, 9.17) is 25.8 Å². The fourth-order valence-electron chi connectivity index (χ4n) is 3.90. The molecule has 36 heavy (non-hydrogen) atoms. The molecule has 2 aromatic carbocycles. The first-order valence-electron chi connectivity index (χ1n) is 10.6. The summed E-state index contributed by atoms with van der Waals surface area (Å²) in [5.41, 5.74) is 0.876. The molecule has 11 heteroatoms. The van der Waals surface area contributed by atoms with Crippen LogP contribution in [0.4, 0.5) is 5.13 Å². The molecule has 0 aliphatic carbocycles. The highest BCUT2D eigenvalue weighted by Gasteiger charge is 2.46. The fraction of sp³-hybridized carbons (Fsp3) is 0.200. The smallest absolute Gasteiger partial charge is 0.350 e. The van der Waals surface area contributed by atoms with Gasteiger partial charge in [-0.1, -0.05) is 29.0 Å². The molecule has 2 heterocycles. The number of aliphatic hydroxyl groups is 1. The number of rotatable bonds is 7. The molecule has 0 fully saturated rings. The normalized spacial score (nSPS) is 15.3. The molecule has 0 spiro atoms. The third-order valence-corrected chi connectivity index (χ3v) is 7.03. The van der Waals surface area contributed by atoms with Crippen LogP contribution >= 0.6 is 22.9 Å². The summed E-state index contributed by atoms with van der Waals surface area (Å²) in [6.07, 6.45) is 0. The van der Waals surface area contributed by atoms with Crippen LogP contribution in [0.1, 0.15) is 37.3 Å². The number of nitrogens with zero attached hydrogens (tertiary/aromatic N) is 2. The van der Waals surface area contributed by atoms with Crippen LogP contribution in [0.25, 0.3) is 0 Å². The number of carbonyl (C=O) groups is 3. The number of benzene rings is 2. The molecule has 1 aromatic heterocycles. The van der Waals surface area contributed by atoms with E-state index in [2.05, 4.69) is 4.98 Å². The number of hydrogen-bond donors (Lipinski definition) is 1. The predicted octanol–water partition coefficient (Wildman–Crippen LogP) is 4.69. The fourth-order valence-corrected chi connectivity index (χ4v) is 5.03. The molecule has 0 radical (unpaired) electrons. The van der Waals surface area contributed by atoms with Gasteiger partial charge in [-0.2, -0.15) is 0 Å². The van der Waals surface area contributed by atoms with Crippen molar-refractivity contribution in [3.8, 4) is 11.5 Å². The zero-order valence-electron chi connectivity index (χ0n) is 19.7. The highest BCUT2D eigenvalue weighted by atomic mass is 35.5. The lowest BCUT2D eigenvalue weighted by molar-refractivity contribution is -0.117. The number of hydrogen-bond acceptors (Lipinski definition) is 9. The van der Waals surface area contributed by atoms with Crippen LogP contribution in [-0.4, -0.2) is 49.1 Å². The van der Waals surface area contributed by atoms with Crippen molar-refractivity contribution in [2.24, 2.45) is 0 Å². The number of methoxy groups -OCH3 is 3. The molecule has 0 saturated carbocycles. The van der Waals surface area contributed by atoms with Gasteiger partial charge < -0.3 is 19.3 Å². The Morgan fingerprint density at radius 3 is 2.33 bits per heavy atom. The second-order valence-electron chi connectivity index (χ2n) is 7.69. The lowest BCUT2D eigenvalue weighted by Crippen LogP contribution is -2.31. The van der Waals surface area contributed by atoms with Gasteiger partial charge in [-0.15, -0.1) is 0 Å². The minimum atomic E-state index is -1.07. The number of Topliss-reactive ketones (excluding diaryl/α,β-unsaturated/α-hetero) is 1. The predicted molar refractivity (Wildman–Crippen MR) is 133 cm³/mol. The summed E-state index contributed by atoms with van der Waals surface area (Å²) in [7, 11) is 4.18. The standard InChI is InChI=1S/C25H21ClN2O7S/c1-12-22(24(32)35-4)36-25(27-12)28-19(14-7-10-16(33-2)17(11-14)34-3)18(21(30)23(28)31)20(29)13-5-8-15(26)9-6-13/h5-11,19,30H,1-4H3. The topological polar surface area (TPSA) is 115 Å². The van der Waals surface area contributed by atoms with Crippen molar-refractivity contribution in [3.05, 3.63) is 80.5 Å². The van der Waals surface area contributed by atoms with Crippen LogP contribution in [0.3, 0.4) is 0 Å². The minimum Gasteiger partial charge on any atom is -0.503 e. The van der Waals surface area contributed by atoms with Gasteiger partial charge in [-0.3, -0.25) is 14.5 Å². The second kappa shape index (κ2) is 10.00. The number of halogens is 1. The van der Waals surface area contributed by atoms with Gasteiger partial charge in [0.25, 0.3) is 5.91 Å². The van der Waals surface area contributed by atoms with Crippen LogP contribution in [0.15, 0.2) is 53.8 Å². The highest BCUT2D eigenvalue weighted by molar-refractivity contribution is 7.17. The number of ether oxygens (including phenoxy) is 3. The number of carbonyl (C=O) groups excluding carboxylic acids is 3. The van der Waals surface area contributed by atoms with E-state index in [1.807, 2.05) is 0 Å². The van der Waals surface area contributed by atoms with Crippen LogP contribution < -0.4 is 14.4 Å². The van der Waals surface area contributed by atoms with Crippen molar-refractivity contribution >= 4 is 45.7 Å². The lowest BCUT2D eigenvalue weighted by Gasteiger charge is -2.25. The number of anilines is 1. The molecule has 3 aromatic rings. The van der Waals surface area contributed by atoms with E-state index in [0.717, 1.165) is 11.3 Å². The molecule has 0 saturated heterocycles. The number of aliphatic hydroxyl groups excluding tert-OH is 1. The Morgan fingerprint density at radius 2 is 1.72 bits per heavy atom. The first-order chi connectivity index (χ1) is 17.2. The molecule has 4 rings (SSSR count). The van der Waals surface area contributed by atoms with Crippen LogP contribution in [0.5, 0.6) is 11.5 Å². The molecular formula is C25H21ClN2O7S. The molecule has 1 aliphatic rings. The first kappa shape index (κ1) is 25.2. The maximum Gasteiger partial charge on any atom is 0.350 e. The highest BCUT2D eigenvalue weighted by Crippen LogP contribution is 2.45. The van der Waals surface area contributed by atoms with Crippen LogP contribution in [-0.2, 0) is 9.53 Å². The molecule has 9 nitrogen and oxygen atoms in total. The number of aromatic nitrogens is 1. The SMILES string of the molecule is COC(=O)c1sc(N2C(=O)C(O)=C(C(=O)c3ccc(Cl)cc3)C2c2ccc(OC)c(OC)c2)nc1C. The van der Waals surface area contributed by atoms with Gasteiger partial charge in [0.2, 0.25) is 0 Å². The van der Waals surface area contributed by atoms with Crippen molar-refractivity contribution in [2.45, 2.75) is 13.0 Å². The summed E-state index contributed by atoms with van der Waals surface area (Å²) in [4.78, 5) is 44.9. The maximum absolute atomic E-state index is 13.6. The van der Waals surface area contributed by atoms with Gasteiger partial charge in [0.1, 0.15) is 4.88 Å². The second-order valence-corrected chi connectivity index (χ2v) is 9.11. The maximum atomic E-state index is 13.6. The molecule has 1 aliphatic heterocycles. The van der Waals surface area contributed by atoms with E-state index < -0.39 is 29.5 Å².